The van der Waals surface area contributed by atoms with Crippen molar-refractivity contribution in [1.29, 1.82) is 0 Å². The van der Waals surface area contributed by atoms with Crippen molar-refractivity contribution in [2.45, 2.75) is 424 Å². The molecule has 474 valence electrons. The fourth-order valence-corrected chi connectivity index (χ4v) is 11.6. The second-order valence-electron chi connectivity index (χ2n) is 25.3. The summed E-state index contributed by atoms with van der Waals surface area (Å²) in [6.45, 7) is 4.96. The number of aliphatic hydroxyl groups excluding tert-OH is 2. The molecule has 3 N–H and O–H groups in total. The zero-order chi connectivity index (χ0) is 57.8. The van der Waals surface area contributed by atoms with Crippen molar-refractivity contribution in [3.63, 3.8) is 0 Å². The van der Waals surface area contributed by atoms with Crippen molar-refractivity contribution in [2.75, 3.05) is 13.2 Å². The van der Waals surface area contributed by atoms with E-state index in [2.05, 4.69) is 43.5 Å². The maximum atomic E-state index is 12.5. The molecule has 0 rings (SSSR count). The van der Waals surface area contributed by atoms with E-state index >= 15 is 0 Å². The zero-order valence-corrected chi connectivity index (χ0v) is 54.3. The fraction of sp³-hybridized carbons (Fsp3) is 0.919. The van der Waals surface area contributed by atoms with Crippen molar-refractivity contribution < 1.29 is 24.5 Å². The van der Waals surface area contributed by atoms with Crippen LogP contribution in [0.3, 0.4) is 0 Å². The van der Waals surface area contributed by atoms with Gasteiger partial charge in [-0.05, 0) is 77.0 Å². The molecule has 0 saturated carbocycles. The molecule has 0 spiro atoms. The SMILES string of the molecule is CCCCCCC/C=C\CCCCCCCC(=O)OCCCCCCCCCCCCCCCCCCCC/C=C\CCCCCCCCCCCCCCCCCCCC(=O)NC(CO)C(O)CCCCCCCCCCCC. The number of unbranched alkanes of at least 4 members (excludes halogenated alkanes) is 54. The van der Waals surface area contributed by atoms with Gasteiger partial charge in [0.05, 0.1) is 25.4 Å². The fourth-order valence-electron chi connectivity index (χ4n) is 11.6. The Balaban J connectivity index is 3.29. The van der Waals surface area contributed by atoms with Crippen molar-refractivity contribution in [2.24, 2.45) is 0 Å². The largest absolute Gasteiger partial charge is 0.466 e. The molecule has 6 heteroatoms. The number of hydrogen-bond acceptors (Lipinski definition) is 5. The molecule has 0 aromatic heterocycles. The smallest absolute Gasteiger partial charge is 0.305 e. The molecule has 80 heavy (non-hydrogen) atoms. The highest BCUT2D eigenvalue weighted by Gasteiger charge is 2.20. The first-order valence-corrected chi connectivity index (χ1v) is 36.6. The summed E-state index contributed by atoms with van der Waals surface area (Å²) >= 11 is 0. The van der Waals surface area contributed by atoms with Crippen molar-refractivity contribution in [1.82, 2.24) is 5.32 Å². The summed E-state index contributed by atoms with van der Waals surface area (Å²) in [5.41, 5.74) is 0. The Morgan fingerprint density at radius 3 is 0.887 bits per heavy atom. The van der Waals surface area contributed by atoms with Crippen LogP contribution in [0, 0.1) is 0 Å². The number of nitrogens with one attached hydrogen (secondary N) is 1. The number of carbonyl (C=O) groups excluding carboxylic acids is 2. The van der Waals surface area contributed by atoms with Gasteiger partial charge < -0.3 is 20.3 Å². The first-order chi connectivity index (χ1) is 39.5. The third-order valence-corrected chi connectivity index (χ3v) is 17.2. The molecule has 0 aliphatic carbocycles. The number of esters is 1. The van der Waals surface area contributed by atoms with Crippen LogP contribution in [0.5, 0.6) is 0 Å². The Morgan fingerprint density at radius 2 is 0.588 bits per heavy atom. The average molecular weight is 1130 g/mol. The molecule has 0 aliphatic heterocycles. The third-order valence-electron chi connectivity index (χ3n) is 17.2. The van der Waals surface area contributed by atoms with E-state index in [1.807, 2.05) is 0 Å². The summed E-state index contributed by atoms with van der Waals surface area (Å²) in [4.78, 5) is 24.5. The van der Waals surface area contributed by atoms with E-state index in [4.69, 9.17) is 4.74 Å². The maximum Gasteiger partial charge on any atom is 0.305 e. The van der Waals surface area contributed by atoms with Crippen LogP contribution in [0.1, 0.15) is 412 Å². The molecule has 0 fully saturated rings. The van der Waals surface area contributed by atoms with E-state index in [0.29, 0.717) is 25.9 Å². The third kappa shape index (κ3) is 65.5. The Bertz CT molecular complexity index is 1250. The minimum atomic E-state index is -0.659. The Morgan fingerprint density at radius 1 is 0.338 bits per heavy atom. The van der Waals surface area contributed by atoms with E-state index in [-0.39, 0.29) is 18.5 Å². The molecule has 0 heterocycles. The molecule has 0 aliphatic rings. The number of hydrogen-bond donors (Lipinski definition) is 3. The minimum absolute atomic E-state index is 0.0144. The molecule has 2 unspecified atom stereocenters. The van der Waals surface area contributed by atoms with Gasteiger partial charge in [-0.1, -0.05) is 346 Å². The van der Waals surface area contributed by atoms with Crippen molar-refractivity contribution >= 4 is 11.9 Å². The van der Waals surface area contributed by atoms with Gasteiger partial charge in [-0.3, -0.25) is 9.59 Å². The van der Waals surface area contributed by atoms with E-state index in [1.165, 1.54) is 334 Å². The second-order valence-corrected chi connectivity index (χ2v) is 25.3. The summed E-state index contributed by atoms with van der Waals surface area (Å²) in [6, 6.07) is -0.536. The average Bonchev–Trinajstić information content (AvgIpc) is 3.46. The predicted molar refractivity (Wildman–Crippen MR) is 352 cm³/mol. The number of carbonyl (C=O) groups is 2. The lowest BCUT2D eigenvalue weighted by Crippen LogP contribution is -2.45. The Labute approximate surface area is 501 Å². The predicted octanol–water partition coefficient (Wildman–Crippen LogP) is 23.7. The number of allylic oxidation sites excluding steroid dienone is 4. The number of rotatable bonds is 69. The van der Waals surface area contributed by atoms with Crippen LogP contribution in [-0.2, 0) is 14.3 Å². The molecule has 1 amide bonds. The number of ether oxygens (including phenoxy) is 1. The first kappa shape index (κ1) is 78.3. The van der Waals surface area contributed by atoms with Gasteiger partial charge in [0, 0.05) is 12.8 Å². The first-order valence-electron chi connectivity index (χ1n) is 36.6. The van der Waals surface area contributed by atoms with Gasteiger partial charge >= 0.3 is 5.97 Å². The minimum Gasteiger partial charge on any atom is -0.466 e. The quantitative estimate of drug-likeness (QED) is 0.0320. The molecule has 0 bridgehead atoms. The number of amides is 1. The molecular formula is C74H143NO5. The van der Waals surface area contributed by atoms with Gasteiger partial charge in [0.25, 0.3) is 0 Å². The summed E-state index contributed by atoms with van der Waals surface area (Å²) < 4.78 is 5.49. The molecule has 0 saturated heterocycles. The Hall–Kier alpha value is -1.66. The van der Waals surface area contributed by atoms with Crippen LogP contribution in [0.4, 0.5) is 0 Å². The van der Waals surface area contributed by atoms with Gasteiger partial charge in [-0.2, -0.15) is 0 Å². The highest BCUT2D eigenvalue weighted by molar-refractivity contribution is 5.76. The summed E-state index contributed by atoms with van der Waals surface area (Å²) in [6.07, 6.45) is 88.4. The van der Waals surface area contributed by atoms with Crippen LogP contribution in [0.15, 0.2) is 24.3 Å². The molecule has 0 aromatic rings. The standard InChI is InChI=1S/C74H143NO5/c1-3-5-7-9-11-13-15-16-45-48-52-56-60-64-68-74(79)80-69-65-61-57-53-49-46-43-41-39-37-35-33-31-29-27-25-23-21-19-17-18-20-22-24-26-28-30-32-34-36-38-40-42-44-47-51-55-59-63-67-73(78)75-71(70-76)72(77)66-62-58-54-50-14-12-10-8-6-4-2/h15-18,71-72,76-77H,3-14,19-70H2,1-2H3,(H,75,78)/b16-15-,18-17-. The van der Waals surface area contributed by atoms with E-state index in [9.17, 15) is 19.8 Å². The molecule has 2 atom stereocenters. The highest BCUT2D eigenvalue weighted by atomic mass is 16.5. The monoisotopic (exact) mass is 1130 g/mol. The second kappa shape index (κ2) is 69.8. The maximum absolute atomic E-state index is 12.5. The zero-order valence-electron chi connectivity index (χ0n) is 54.3. The summed E-state index contributed by atoms with van der Waals surface area (Å²) in [7, 11) is 0. The lowest BCUT2D eigenvalue weighted by Gasteiger charge is -2.22. The summed E-state index contributed by atoms with van der Waals surface area (Å²) in [5.74, 6) is -0.0159. The van der Waals surface area contributed by atoms with E-state index < -0.39 is 12.1 Å². The van der Waals surface area contributed by atoms with Gasteiger partial charge in [-0.15, -0.1) is 0 Å². The molecular weight excluding hydrogens is 983 g/mol. The van der Waals surface area contributed by atoms with Crippen molar-refractivity contribution in [3.8, 4) is 0 Å². The highest BCUT2D eigenvalue weighted by Crippen LogP contribution is 2.19. The van der Waals surface area contributed by atoms with Gasteiger partial charge in [0.1, 0.15) is 0 Å². The molecule has 6 nitrogen and oxygen atoms in total. The lowest BCUT2D eigenvalue weighted by atomic mass is 10.0. The van der Waals surface area contributed by atoms with Crippen molar-refractivity contribution in [3.05, 3.63) is 24.3 Å². The molecule has 0 aromatic carbocycles. The van der Waals surface area contributed by atoms with Crippen LogP contribution >= 0.6 is 0 Å². The lowest BCUT2D eigenvalue weighted by molar-refractivity contribution is -0.143. The van der Waals surface area contributed by atoms with Crippen LogP contribution in [-0.4, -0.2) is 47.4 Å². The normalized spacial score (nSPS) is 12.6. The Kier molecular flexibility index (Phi) is 68.4. The number of aliphatic hydroxyl groups is 2. The van der Waals surface area contributed by atoms with Crippen LogP contribution in [0.2, 0.25) is 0 Å². The molecule has 0 radical (unpaired) electrons. The van der Waals surface area contributed by atoms with Gasteiger partial charge in [0.15, 0.2) is 0 Å². The van der Waals surface area contributed by atoms with Gasteiger partial charge in [-0.25, -0.2) is 0 Å². The van der Waals surface area contributed by atoms with Crippen LogP contribution < -0.4 is 5.32 Å². The van der Waals surface area contributed by atoms with E-state index in [0.717, 1.165) is 44.9 Å². The van der Waals surface area contributed by atoms with Gasteiger partial charge in [0.2, 0.25) is 5.91 Å². The topological polar surface area (TPSA) is 95.9 Å². The van der Waals surface area contributed by atoms with Crippen LogP contribution in [0.25, 0.3) is 0 Å². The van der Waals surface area contributed by atoms with E-state index in [1.54, 1.807) is 0 Å². The summed E-state index contributed by atoms with van der Waals surface area (Å²) in [5, 5.41) is 23.2.